The predicted molar refractivity (Wildman–Crippen MR) is 98.2 cm³/mol. The van der Waals surface area contributed by atoms with Crippen LogP contribution in [-0.2, 0) is 4.43 Å². The number of hydrogen-bond donors (Lipinski definition) is 1. The number of aliphatic hydroxyl groups is 1. The number of rotatable bonds is 7. The highest BCUT2D eigenvalue weighted by atomic mass is 28.4. The van der Waals surface area contributed by atoms with Gasteiger partial charge in [0.05, 0.1) is 12.7 Å². The van der Waals surface area contributed by atoms with E-state index in [2.05, 4.69) is 64.9 Å². The Bertz CT molecular complexity index is 466. The lowest BCUT2D eigenvalue weighted by atomic mass is 10.2. The molecule has 2 nitrogen and oxygen atoms in total. The molecular weight excluding hydrogens is 288 g/mol. The van der Waals surface area contributed by atoms with Gasteiger partial charge in [0.2, 0.25) is 0 Å². The smallest absolute Gasteiger partial charge is 0.192 e. The molecule has 0 aliphatic heterocycles. The van der Waals surface area contributed by atoms with Crippen molar-refractivity contribution in [2.45, 2.75) is 71.2 Å². The fourth-order valence-electron chi connectivity index (χ4n) is 1.47. The molecule has 0 rings (SSSR count). The van der Waals surface area contributed by atoms with E-state index in [1.54, 1.807) is 0 Å². The SMILES string of the molecule is C=C(C#CCCC(C=C=CCC)O[Si](C)(C)C(C)(C)C)CO. The fraction of sp³-hybridized carbons (Fsp3) is 0.632. The fourth-order valence-corrected chi connectivity index (χ4v) is 2.76. The molecule has 0 amide bonds. The molecule has 1 unspecified atom stereocenters. The maximum absolute atomic E-state index is 8.89. The normalized spacial score (nSPS) is 12.7. The van der Waals surface area contributed by atoms with Crippen LogP contribution < -0.4 is 0 Å². The Morgan fingerprint density at radius 3 is 2.50 bits per heavy atom. The quantitative estimate of drug-likeness (QED) is 0.413. The van der Waals surface area contributed by atoms with Gasteiger partial charge in [-0.3, -0.25) is 0 Å². The molecule has 0 aromatic heterocycles. The summed E-state index contributed by atoms with van der Waals surface area (Å²) in [6.07, 6.45) is 6.61. The Hall–Kier alpha value is -1.04. The molecule has 0 aromatic carbocycles. The Morgan fingerprint density at radius 2 is 2.00 bits per heavy atom. The summed E-state index contributed by atoms with van der Waals surface area (Å²) < 4.78 is 6.44. The van der Waals surface area contributed by atoms with Gasteiger partial charge in [-0.2, -0.15) is 0 Å². The molecule has 3 heteroatoms. The third-order valence-corrected chi connectivity index (χ3v) is 8.37. The summed E-state index contributed by atoms with van der Waals surface area (Å²) in [7, 11) is -1.81. The molecule has 0 aliphatic rings. The minimum atomic E-state index is -1.81. The second kappa shape index (κ2) is 9.87. The van der Waals surface area contributed by atoms with Crippen LogP contribution in [0, 0.1) is 11.8 Å². The number of aliphatic hydroxyl groups excluding tert-OH is 1. The monoisotopic (exact) mass is 320 g/mol. The van der Waals surface area contributed by atoms with Crippen LogP contribution >= 0.6 is 0 Å². The molecule has 0 heterocycles. The second-order valence-electron chi connectivity index (χ2n) is 6.96. The van der Waals surface area contributed by atoms with Crippen LogP contribution in [0.3, 0.4) is 0 Å². The molecule has 0 saturated heterocycles. The van der Waals surface area contributed by atoms with Gasteiger partial charge in [0, 0.05) is 12.0 Å². The first kappa shape index (κ1) is 21.0. The Morgan fingerprint density at radius 1 is 1.36 bits per heavy atom. The van der Waals surface area contributed by atoms with E-state index in [9.17, 15) is 0 Å². The van der Waals surface area contributed by atoms with Crippen LogP contribution in [0.25, 0.3) is 0 Å². The van der Waals surface area contributed by atoms with E-state index in [0.29, 0.717) is 5.57 Å². The van der Waals surface area contributed by atoms with Crippen molar-refractivity contribution < 1.29 is 9.53 Å². The van der Waals surface area contributed by atoms with Crippen molar-refractivity contribution in [3.05, 3.63) is 30.0 Å². The summed E-state index contributed by atoms with van der Waals surface area (Å²) in [5, 5.41) is 9.07. The van der Waals surface area contributed by atoms with Crippen LogP contribution in [0.5, 0.6) is 0 Å². The third-order valence-electron chi connectivity index (χ3n) is 3.87. The first-order chi connectivity index (χ1) is 10.1. The molecule has 124 valence electrons. The van der Waals surface area contributed by atoms with Crippen LogP contribution in [0.2, 0.25) is 18.1 Å². The predicted octanol–water partition coefficient (Wildman–Crippen LogP) is 4.83. The average molecular weight is 321 g/mol. The highest BCUT2D eigenvalue weighted by Crippen LogP contribution is 2.37. The van der Waals surface area contributed by atoms with Gasteiger partial charge in [0.25, 0.3) is 0 Å². The van der Waals surface area contributed by atoms with Crippen LogP contribution in [0.4, 0.5) is 0 Å². The lowest BCUT2D eigenvalue weighted by Crippen LogP contribution is -2.43. The molecule has 0 saturated carbocycles. The van der Waals surface area contributed by atoms with Gasteiger partial charge < -0.3 is 9.53 Å². The first-order valence-corrected chi connectivity index (χ1v) is 10.9. The maximum Gasteiger partial charge on any atom is 0.192 e. The minimum absolute atomic E-state index is 0.0420. The highest BCUT2D eigenvalue weighted by molar-refractivity contribution is 6.74. The van der Waals surface area contributed by atoms with E-state index in [0.717, 1.165) is 19.3 Å². The van der Waals surface area contributed by atoms with E-state index in [1.807, 2.05) is 12.2 Å². The van der Waals surface area contributed by atoms with Gasteiger partial charge in [-0.1, -0.05) is 46.1 Å². The Balaban J connectivity index is 4.87. The topological polar surface area (TPSA) is 29.5 Å². The van der Waals surface area contributed by atoms with Crippen molar-refractivity contribution in [2.75, 3.05) is 6.61 Å². The van der Waals surface area contributed by atoms with E-state index in [4.69, 9.17) is 9.53 Å². The standard InChI is InChI=1S/C19H32O2Si/c1-8-9-10-14-18(15-12-11-13-17(2)16-20)21-22(6,7)19(3,4)5/h9,14,18,20H,2,8,12,15-16H2,1,3-7H3. The molecule has 0 aliphatic carbocycles. The van der Waals surface area contributed by atoms with E-state index < -0.39 is 8.32 Å². The van der Waals surface area contributed by atoms with Crippen molar-refractivity contribution in [3.63, 3.8) is 0 Å². The zero-order valence-corrected chi connectivity index (χ0v) is 16.1. The lowest BCUT2D eigenvalue weighted by Gasteiger charge is -2.38. The molecule has 22 heavy (non-hydrogen) atoms. The van der Waals surface area contributed by atoms with Crippen molar-refractivity contribution in [1.29, 1.82) is 0 Å². The van der Waals surface area contributed by atoms with Crippen molar-refractivity contribution in [3.8, 4) is 11.8 Å². The van der Waals surface area contributed by atoms with Crippen LogP contribution in [-0.4, -0.2) is 26.1 Å². The summed E-state index contributed by atoms with van der Waals surface area (Å²) >= 11 is 0. The molecule has 0 bridgehead atoms. The zero-order chi connectivity index (χ0) is 17.2. The molecule has 0 fully saturated rings. The van der Waals surface area contributed by atoms with Gasteiger partial charge in [0.15, 0.2) is 8.32 Å². The molecule has 0 radical (unpaired) electrons. The molecule has 0 spiro atoms. The van der Waals surface area contributed by atoms with Gasteiger partial charge >= 0.3 is 0 Å². The van der Waals surface area contributed by atoms with Gasteiger partial charge in [-0.25, -0.2) is 0 Å². The Kier molecular flexibility index (Phi) is 9.40. The van der Waals surface area contributed by atoms with Gasteiger partial charge in [0.1, 0.15) is 0 Å². The summed E-state index contributed by atoms with van der Waals surface area (Å²) in [6.45, 7) is 16.9. The van der Waals surface area contributed by atoms with Gasteiger partial charge in [-0.05, 0) is 43.1 Å². The largest absolute Gasteiger partial charge is 0.410 e. The molecule has 1 atom stereocenters. The average Bonchev–Trinajstić information content (AvgIpc) is 2.41. The molecule has 0 aromatic rings. The summed E-state index contributed by atoms with van der Waals surface area (Å²) in [5.41, 5.74) is 3.77. The van der Waals surface area contributed by atoms with Crippen LogP contribution in [0.15, 0.2) is 30.0 Å². The van der Waals surface area contributed by atoms with Gasteiger partial charge in [-0.15, -0.1) is 5.73 Å². The van der Waals surface area contributed by atoms with Crippen LogP contribution in [0.1, 0.15) is 47.0 Å². The second-order valence-corrected chi connectivity index (χ2v) is 11.7. The first-order valence-electron chi connectivity index (χ1n) is 8.00. The summed E-state index contributed by atoms with van der Waals surface area (Å²) in [5.74, 6) is 5.92. The third kappa shape index (κ3) is 8.41. The highest BCUT2D eigenvalue weighted by Gasteiger charge is 2.38. The van der Waals surface area contributed by atoms with Crippen molar-refractivity contribution >= 4 is 8.32 Å². The van der Waals surface area contributed by atoms with Crippen molar-refractivity contribution in [1.82, 2.24) is 0 Å². The minimum Gasteiger partial charge on any atom is -0.410 e. The van der Waals surface area contributed by atoms with E-state index in [1.165, 1.54) is 0 Å². The maximum atomic E-state index is 8.89. The zero-order valence-electron chi connectivity index (χ0n) is 15.1. The summed E-state index contributed by atoms with van der Waals surface area (Å²) in [4.78, 5) is 0. The lowest BCUT2D eigenvalue weighted by molar-refractivity contribution is 0.217. The van der Waals surface area contributed by atoms with Crippen molar-refractivity contribution in [2.24, 2.45) is 0 Å². The summed E-state index contributed by atoms with van der Waals surface area (Å²) in [6, 6.07) is 0. The molecule has 1 N–H and O–H groups in total. The number of hydrogen-bond acceptors (Lipinski definition) is 2. The van der Waals surface area contributed by atoms with E-state index in [-0.39, 0.29) is 17.7 Å². The molecular formula is C19H32O2Si. The Labute approximate surface area is 138 Å². The van der Waals surface area contributed by atoms with E-state index >= 15 is 0 Å².